The highest BCUT2D eigenvalue weighted by molar-refractivity contribution is 7.80. The van der Waals surface area contributed by atoms with Crippen LogP contribution in [0.2, 0.25) is 0 Å². The number of hydrogen-bond acceptors (Lipinski definition) is 1. The maximum Gasteiger partial charge on any atom is 0.0119 e. The van der Waals surface area contributed by atoms with Crippen molar-refractivity contribution in [2.75, 3.05) is 0 Å². The summed E-state index contributed by atoms with van der Waals surface area (Å²) in [6.07, 6.45) is 0. The predicted octanol–water partition coefficient (Wildman–Crippen LogP) is 3.44. The molecule has 0 aliphatic rings. The molecule has 0 N–H and O–H groups in total. The molecule has 0 nitrogen and oxygen atoms in total. The van der Waals surface area contributed by atoms with Crippen molar-refractivity contribution in [2.24, 2.45) is 0 Å². The van der Waals surface area contributed by atoms with Gasteiger partial charge in [-0.25, -0.2) is 0 Å². The van der Waals surface area contributed by atoms with Gasteiger partial charge >= 0.3 is 0 Å². The van der Waals surface area contributed by atoms with Gasteiger partial charge in [0.25, 0.3) is 0 Å². The van der Waals surface area contributed by atoms with E-state index in [1.54, 1.807) is 0 Å². The molecule has 0 spiro atoms. The van der Waals surface area contributed by atoms with E-state index in [4.69, 9.17) is 0 Å². The summed E-state index contributed by atoms with van der Waals surface area (Å²) in [5.74, 6) is 0. The van der Waals surface area contributed by atoms with Gasteiger partial charge < -0.3 is 0 Å². The van der Waals surface area contributed by atoms with E-state index < -0.39 is 0 Å². The van der Waals surface area contributed by atoms with Crippen LogP contribution in [0, 0.1) is 6.92 Å². The lowest BCUT2D eigenvalue weighted by atomic mass is 10.1. The topological polar surface area (TPSA) is 0 Å². The van der Waals surface area contributed by atoms with E-state index in [1.165, 1.54) is 16.3 Å². The third-order valence-electron chi connectivity index (χ3n) is 2.12. The smallest absolute Gasteiger partial charge is 0.0119 e. The molecule has 0 saturated heterocycles. The Bertz CT molecular complexity index is 378. The summed E-state index contributed by atoms with van der Waals surface area (Å²) in [5.41, 5.74) is 1.31. The Labute approximate surface area is 77.6 Å². The van der Waals surface area contributed by atoms with Crippen LogP contribution in [0.1, 0.15) is 5.56 Å². The van der Waals surface area contributed by atoms with Crippen LogP contribution in [-0.4, -0.2) is 0 Å². The molecule has 0 aliphatic heterocycles. The van der Waals surface area contributed by atoms with Crippen LogP contribution >= 0.6 is 12.6 Å². The largest absolute Gasteiger partial charge is 0.143 e. The van der Waals surface area contributed by atoms with E-state index in [-0.39, 0.29) is 0 Å². The van der Waals surface area contributed by atoms with Crippen molar-refractivity contribution in [3.8, 4) is 0 Å². The Kier molecular flexibility index (Phi) is 1.81. The summed E-state index contributed by atoms with van der Waals surface area (Å²) >= 11 is 4.40. The predicted molar refractivity (Wildman–Crippen MR) is 55.9 cm³/mol. The Morgan fingerprint density at radius 2 is 1.58 bits per heavy atom. The van der Waals surface area contributed by atoms with E-state index in [0.717, 1.165) is 4.90 Å². The molecule has 1 heteroatoms. The quantitative estimate of drug-likeness (QED) is 0.581. The molecule has 2 aromatic carbocycles. The van der Waals surface area contributed by atoms with Gasteiger partial charge in [-0.2, -0.15) is 0 Å². The third-order valence-corrected chi connectivity index (χ3v) is 2.51. The summed E-state index contributed by atoms with van der Waals surface area (Å²) in [4.78, 5) is 1.05. The van der Waals surface area contributed by atoms with Crippen molar-refractivity contribution < 1.29 is 0 Å². The number of hydrogen-bond donors (Lipinski definition) is 1. The zero-order valence-corrected chi connectivity index (χ0v) is 7.81. The lowest BCUT2D eigenvalue weighted by Crippen LogP contribution is -1.78. The molecule has 60 valence electrons. The van der Waals surface area contributed by atoms with Gasteiger partial charge in [0.2, 0.25) is 0 Å². The number of fused-ring (bicyclic) bond motifs is 1. The maximum absolute atomic E-state index is 4.40. The Morgan fingerprint density at radius 3 is 2.25 bits per heavy atom. The molecule has 0 unspecified atom stereocenters. The normalized spacial score (nSPS) is 10.5. The third kappa shape index (κ3) is 1.10. The molecule has 0 amide bonds. The van der Waals surface area contributed by atoms with Crippen molar-refractivity contribution in [1.82, 2.24) is 0 Å². The molecular weight excluding hydrogens is 164 g/mol. The fourth-order valence-electron chi connectivity index (χ4n) is 1.43. The summed E-state index contributed by atoms with van der Waals surface area (Å²) in [6.45, 7) is 2.12. The standard InChI is InChI=1S/C11H10S/c1-8-6-7-11(12)10-5-3-2-4-9(8)10/h2-7,12H,1H3. The van der Waals surface area contributed by atoms with Crippen LogP contribution in [-0.2, 0) is 0 Å². The van der Waals surface area contributed by atoms with E-state index in [1.807, 2.05) is 12.1 Å². The van der Waals surface area contributed by atoms with E-state index >= 15 is 0 Å². The minimum Gasteiger partial charge on any atom is -0.143 e. The molecular formula is C11H10S. The zero-order valence-electron chi connectivity index (χ0n) is 6.91. The molecule has 0 heterocycles. The minimum atomic E-state index is 1.05. The summed E-state index contributed by atoms with van der Waals surface area (Å²) < 4.78 is 0. The van der Waals surface area contributed by atoms with Gasteiger partial charge in [0.05, 0.1) is 0 Å². The van der Waals surface area contributed by atoms with E-state index in [0.29, 0.717) is 0 Å². The van der Waals surface area contributed by atoms with Crippen molar-refractivity contribution >= 4 is 23.4 Å². The lowest BCUT2D eigenvalue weighted by molar-refractivity contribution is 1.46. The van der Waals surface area contributed by atoms with E-state index in [9.17, 15) is 0 Å². The van der Waals surface area contributed by atoms with Gasteiger partial charge in [-0.15, -0.1) is 12.6 Å². The fraction of sp³-hybridized carbons (Fsp3) is 0.0909. The van der Waals surface area contributed by atoms with Crippen LogP contribution in [0.15, 0.2) is 41.3 Å². The molecule has 0 saturated carbocycles. The number of thiol groups is 1. The number of aryl methyl sites for hydroxylation is 1. The Balaban J connectivity index is 2.95. The monoisotopic (exact) mass is 174 g/mol. The summed E-state index contributed by atoms with van der Waals surface area (Å²) in [5, 5.41) is 2.53. The first kappa shape index (κ1) is 7.69. The minimum absolute atomic E-state index is 1.05. The van der Waals surface area contributed by atoms with E-state index in [2.05, 4.69) is 43.8 Å². The second-order valence-electron chi connectivity index (χ2n) is 2.95. The SMILES string of the molecule is Cc1ccc(S)c2ccccc12. The fourth-order valence-corrected chi connectivity index (χ4v) is 1.70. The zero-order chi connectivity index (χ0) is 8.55. The number of rotatable bonds is 0. The van der Waals surface area contributed by atoms with Gasteiger partial charge in [-0.3, -0.25) is 0 Å². The highest BCUT2D eigenvalue weighted by atomic mass is 32.1. The van der Waals surface area contributed by atoms with Crippen molar-refractivity contribution in [3.05, 3.63) is 42.0 Å². The van der Waals surface area contributed by atoms with Gasteiger partial charge in [0.15, 0.2) is 0 Å². The molecule has 2 rings (SSSR count). The average molecular weight is 174 g/mol. The first-order chi connectivity index (χ1) is 5.79. The van der Waals surface area contributed by atoms with Crippen LogP contribution in [0.25, 0.3) is 10.8 Å². The second kappa shape index (κ2) is 2.83. The van der Waals surface area contributed by atoms with Crippen LogP contribution in [0.5, 0.6) is 0 Å². The van der Waals surface area contributed by atoms with Crippen molar-refractivity contribution in [3.63, 3.8) is 0 Å². The lowest BCUT2D eigenvalue weighted by Gasteiger charge is -2.03. The molecule has 12 heavy (non-hydrogen) atoms. The molecule has 0 atom stereocenters. The molecule has 0 radical (unpaired) electrons. The highest BCUT2D eigenvalue weighted by Gasteiger charge is 1.97. The van der Waals surface area contributed by atoms with Gasteiger partial charge in [-0.05, 0) is 29.3 Å². The number of benzene rings is 2. The molecule has 2 aromatic rings. The van der Waals surface area contributed by atoms with Crippen molar-refractivity contribution in [2.45, 2.75) is 11.8 Å². The highest BCUT2D eigenvalue weighted by Crippen LogP contribution is 2.24. The summed E-state index contributed by atoms with van der Waals surface area (Å²) in [6, 6.07) is 12.5. The molecule has 0 aromatic heterocycles. The molecule has 0 bridgehead atoms. The van der Waals surface area contributed by atoms with Gasteiger partial charge in [0.1, 0.15) is 0 Å². The second-order valence-corrected chi connectivity index (χ2v) is 3.43. The van der Waals surface area contributed by atoms with Crippen molar-refractivity contribution in [1.29, 1.82) is 0 Å². The van der Waals surface area contributed by atoms with Crippen LogP contribution in [0.3, 0.4) is 0 Å². The molecule has 0 aliphatic carbocycles. The van der Waals surface area contributed by atoms with Crippen LogP contribution in [0.4, 0.5) is 0 Å². The van der Waals surface area contributed by atoms with Crippen LogP contribution < -0.4 is 0 Å². The first-order valence-electron chi connectivity index (χ1n) is 3.96. The Hall–Kier alpha value is -0.950. The van der Waals surface area contributed by atoms with Gasteiger partial charge in [-0.1, -0.05) is 30.3 Å². The Morgan fingerprint density at radius 1 is 0.917 bits per heavy atom. The average Bonchev–Trinajstić information content (AvgIpc) is 2.12. The molecule has 0 fully saturated rings. The first-order valence-corrected chi connectivity index (χ1v) is 4.41. The van der Waals surface area contributed by atoms with Gasteiger partial charge in [0, 0.05) is 4.90 Å². The maximum atomic E-state index is 4.40. The summed E-state index contributed by atoms with van der Waals surface area (Å²) in [7, 11) is 0.